The number of carbonyl (C=O) groups excluding carboxylic acids is 1. The Hall–Kier alpha value is -1.81. The summed E-state index contributed by atoms with van der Waals surface area (Å²) in [5.74, 6) is 3.40. The van der Waals surface area contributed by atoms with Crippen LogP contribution in [0.15, 0.2) is 48.5 Å². The van der Waals surface area contributed by atoms with Gasteiger partial charge in [0.25, 0.3) is 0 Å². The Balaban J connectivity index is 1.17. The minimum Gasteiger partial charge on any atom is -0.325 e. The molecule has 1 amide bonds. The van der Waals surface area contributed by atoms with Crippen molar-refractivity contribution in [3.05, 3.63) is 65.5 Å². The van der Waals surface area contributed by atoms with Gasteiger partial charge >= 0.3 is 0 Å². The minimum atomic E-state index is -0.208. The largest absolute Gasteiger partial charge is 0.325 e. The monoisotopic (exact) mass is 409 g/mol. The van der Waals surface area contributed by atoms with Gasteiger partial charge in [0.1, 0.15) is 5.82 Å². The van der Waals surface area contributed by atoms with E-state index >= 15 is 0 Å². The molecule has 4 aliphatic carbocycles. The van der Waals surface area contributed by atoms with Gasteiger partial charge in [-0.15, -0.1) is 11.8 Å². The molecule has 0 saturated heterocycles. The molecule has 4 aliphatic rings. The van der Waals surface area contributed by atoms with Gasteiger partial charge in [-0.05, 0) is 91.0 Å². The lowest BCUT2D eigenvalue weighted by molar-refractivity contribution is -0.113. The lowest BCUT2D eigenvalue weighted by atomic mass is 9.48. The Morgan fingerprint density at radius 1 is 0.966 bits per heavy atom. The van der Waals surface area contributed by atoms with Gasteiger partial charge < -0.3 is 5.32 Å². The highest BCUT2D eigenvalue weighted by molar-refractivity contribution is 7.99. The Morgan fingerprint density at radius 3 is 2.21 bits per heavy atom. The summed E-state index contributed by atoms with van der Waals surface area (Å²) in [7, 11) is 0. The number of hydrogen-bond acceptors (Lipinski definition) is 2. The van der Waals surface area contributed by atoms with Gasteiger partial charge in [-0.1, -0.05) is 30.3 Å². The lowest BCUT2D eigenvalue weighted by Crippen LogP contribution is -2.48. The molecule has 2 aromatic carbocycles. The molecule has 1 N–H and O–H groups in total. The Labute approximate surface area is 176 Å². The molecular weight excluding hydrogens is 381 g/mol. The first-order chi connectivity index (χ1) is 14.1. The van der Waals surface area contributed by atoms with Gasteiger partial charge in [0, 0.05) is 11.4 Å². The topological polar surface area (TPSA) is 29.1 Å². The van der Waals surface area contributed by atoms with Crippen molar-refractivity contribution >= 4 is 23.4 Å². The van der Waals surface area contributed by atoms with Crippen LogP contribution in [0.1, 0.15) is 49.7 Å². The first kappa shape index (κ1) is 19.2. The molecule has 4 saturated carbocycles. The predicted molar refractivity (Wildman–Crippen MR) is 117 cm³/mol. The fraction of sp³-hybridized carbons (Fsp3) is 0.480. The molecule has 4 bridgehead atoms. The summed E-state index contributed by atoms with van der Waals surface area (Å²) in [6, 6.07) is 15.4. The van der Waals surface area contributed by atoms with Gasteiger partial charge in [0.2, 0.25) is 5.91 Å². The zero-order valence-electron chi connectivity index (χ0n) is 16.7. The van der Waals surface area contributed by atoms with Crippen LogP contribution in [0.3, 0.4) is 0 Å². The molecule has 0 atom stereocenters. The van der Waals surface area contributed by atoms with Crippen LogP contribution in [0.4, 0.5) is 10.1 Å². The van der Waals surface area contributed by atoms with Crippen LogP contribution in [0.5, 0.6) is 0 Å². The van der Waals surface area contributed by atoms with Crippen LogP contribution in [0.2, 0.25) is 0 Å². The SMILES string of the molecule is O=C(CSCc1ccccc1F)Nc1ccc(C23CC4CC(CC(C4)C2)C3)cc1. The van der Waals surface area contributed by atoms with E-state index in [0.29, 0.717) is 22.5 Å². The molecule has 0 spiro atoms. The van der Waals surface area contributed by atoms with Crippen molar-refractivity contribution in [3.63, 3.8) is 0 Å². The van der Waals surface area contributed by atoms with Gasteiger partial charge in [-0.25, -0.2) is 4.39 Å². The van der Waals surface area contributed by atoms with Crippen molar-refractivity contribution in [2.45, 2.75) is 49.7 Å². The molecule has 0 heterocycles. The van der Waals surface area contributed by atoms with E-state index in [2.05, 4.69) is 29.6 Å². The van der Waals surface area contributed by atoms with Crippen molar-refractivity contribution in [3.8, 4) is 0 Å². The normalized spacial score (nSPS) is 29.8. The average molecular weight is 410 g/mol. The molecule has 0 unspecified atom stereocenters. The molecule has 29 heavy (non-hydrogen) atoms. The van der Waals surface area contributed by atoms with Crippen LogP contribution < -0.4 is 5.32 Å². The van der Waals surface area contributed by atoms with E-state index in [9.17, 15) is 9.18 Å². The number of benzene rings is 2. The van der Waals surface area contributed by atoms with Crippen molar-refractivity contribution in [1.82, 2.24) is 0 Å². The van der Waals surface area contributed by atoms with Crippen molar-refractivity contribution < 1.29 is 9.18 Å². The standard InChI is InChI=1S/C25H28FNOS/c26-23-4-2-1-3-20(23)15-29-16-24(28)27-22-7-5-21(6-8-22)25-12-17-9-18(13-25)11-19(10-17)14-25/h1-8,17-19H,9-16H2,(H,27,28). The summed E-state index contributed by atoms with van der Waals surface area (Å²) < 4.78 is 13.7. The highest BCUT2D eigenvalue weighted by Gasteiger charge is 2.51. The lowest BCUT2D eigenvalue weighted by Gasteiger charge is -2.57. The number of hydrogen-bond donors (Lipinski definition) is 1. The second-order valence-electron chi connectivity index (χ2n) is 9.41. The third-order valence-electron chi connectivity index (χ3n) is 7.27. The number of rotatable bonds is 6. The number of halogens is 1. The van der Waals surface area contributed by atoms with Crippen LogP contribution in [0.25, 0.3) is 0 Å². The third kappa shape index (κ3) is 3.96. The summed E-state index contributed by atoms with van der Waals surface area (Å²) in [4.78, 5) is 12.3. The molecular formula is C25H28FNOS. The van der Waals surface area contributed by atoms with Crippen molar-refractivity contribution in [2.24, 2.45) is 17.8 Å². The summed E-state index contributed by atoms with van der Waals surface area (Å²) >= 11 is 1.44. The van der Waals surface area contributed by atoms with Crippen LogP contribution in [0, 0.1) is 23.6 Å². The summed E-state index contributed by atoms with van der Waals surface area (Å²) in [6.07, 6.45) is 8.44. The Bertz CT molecular complexity index is 859. The summed E-state index contributed by atoms with van der Waals surface area (Å²) in [6.45, 7) is 0. The van der Waals surface area contributed by atoms with Gasteiger partial charge in [0.05, 0.1) is 5.75 Å². The van der Waals surface area contributed by atoms with Gasteiger partial charge in [-0.3, -0.25) is 4.79 Å². The van der Waals surface area contributed by atoms with Gasteiger partial charge in [-0.2, -0.15) is 0 Å². The van der Waals surface area contributed by atoms with Crippen molar-refractivity contribution in [1.29, 1.82) is 0 Å². The molecule has 6 rings (SSSR count). The quantitative estimate of drug-likeness (QED) is 0.618. The van der Waals surface area contributed by atoms with Crippen molar-refractivity contribution in [2.75, 3.05) is 11.1 Å². The molecule has 4 heteroatoms. The maximum atomic E-state index is 13.7. The number of thioether (sulfide) groups is 1. The van der Waals surface area contributed by atoms with E-state index in [1.54, 1.807) is 12.1 Å². The van der Waals surface area contributed by atoms with Gasteiger partial charge in [0.15, 0.2) is 0 Å². The average Bonchev–Trinajstić information content (AvgIpc) is 2.69. The second-order valence-corrected chi connectivity index (χ2v) is 10.4. The molecule has 0 aromatic heterocycles. The highest BCUT2D eigenvalue weighted by Crippen LogP contribution is 2.60. The maximum Gasteiger partial charge on any atom is 0.234 e. The smallest absolute Gasteiger partial charge is 0.234 e. The van der Waals surface area contributed by atoms with E-state index in [0.717, 1.165) is 23.4 Å². The summed E-state index contributed by atoms with van der Waals surface area (Å²) in [5.41, 5.74) is 3.37. The maximum absolute atomic E-state index is 13.7. The highest BCUT2D eigenvalue weighted by atomic mass is 32.2. The van der Waals surface area contributed by atoms with E-state index in [4.69, 9.17) is 0 Å². The van der Waals surface area contributed by atoms with E-state index in [1.165, 1.54) is 61.9 Å². The molecule has 0 aliphatic heterocycles. The first-order valence-electron chi connectivity index (χ1n) is 10.8. The number of anilines is 1. The Kier molecular flexibility index (Phi) is 5.15. The number of amides is 1. The molecule has 2 aromatic rings. The fourth-order valence-corrected chi connectivity index (χ4v) is 7.25. The number of nitrogens with one attached hydrogen (secondary N) is 1. The molecule has 0 radical (unpaired) electrons. The fourth-order valence-electron chi connectivity index (χ4n) is 6.44. The Morgan fingerprint density at radius 2 is 1.59 bits per heavy atom. The van der Waals surface area contributed by atoms with Crippen LogP contribution in [-0.2, 0) is 16.0 Å². The number of carbonyl (C=O) groups is 1. The van der Waals surface area contributed by atoms with E-state index in [-0.39, 0.29) is 11.7 Å². The zero-order valence-corrected chi connectivity index (χ0v) is 17.5. The zero-order chi connectivity index (χ0) is 19.8. The second kappa shape index (κ2) is 7.79. The van der Waals surface area contributed by atoms with Crippen LogP contribution in [-0.4, -0.2) is 11.7 Å². The first-order valence-corrected chi connectivity index (χ1v) is 12.0. The third-order valence-corrected chi connectivity index (χ3v) is 8.25. The van der Waals surface area contributed by atoms with E-state index < -0.39 is 0 Å². The molecule has 152 valence electrons. The summed E-state index contributed by atoms with van der Waals surface area (Å²) in [5, 5.41) is 2.99. The molecule has 4 fully saturated rings. The van der Waals surface area contributed by atoms with Crippen LogP contribution >= 0.6 is 11.8 Å². The predicted octanol–water partition coefficient (Wildman–Crippen LogP) is 6.17. The van der Waals surface area contributed by atoms with E-state index in [1.807, 2.05) is 6.07 Å². The molecule has 2 nitrogen and oxygen atoms in total. The minimum absolute atomic E-state index is 0.0334.